The van der Waals surface area contributed by atoms with Crippen LogP contribution in [0.3, 0.4) is 0 Å². The number of anilines is 2. The van der Waals surface area contributed by atoms with Gasteiger partial charge in [-0.15, -0.1) is 21.5 Å². The average Bonchev–Trinajstić information content (AvgIpc) is 3.36. The number of amides is 2. The minimum atomic E-state index is -0.129. The lowest BCUT2D eigenvalue weighted by Gasteiger charge is -2.35. The predicted octanol–water partition coefficient (Wildman–Crippen LogP) is 4.36. The third-order valence-electron chi connectivity index (χ3n) is 5.11. The molecule has 1 fully saturated rings. The number of piperazine rings is 1. The van der Waals surface area contributed by atoms with Gasteiger partial charge in [-0.2, -0.15) is 0 Å². The van der Waals surface area contributed by atoms with Gasteiger partial charge in [0.1, 0.15) is 5.69 Å². The number of rotatable bonds is 7. The number of ether oxygens (including phenoxy) is 2. The summed E-state index contributed by atoms with van der Waals surface area (Å²) in [5.74, 6) is 2.13. The van der Waals surface area contributed by atoms with Gasteiger partial charge in [-0.05, 0) is 49.6 Å². The predicted molar refractivity (Wildman–Crippen MR) is 127 cm³/mol. The summed E-state index contributed by atoms with van der Waals surface area (Å²) in [6.07, 6.45) is 0. The summed E-state index contributed by atoms with van der Waals surface area (Å²) >= 11 is 1.65. The van der Waals surface area contributed by atoms with Gasteiger partial charge in [0.05, 0.1) is 18.1 Å². The Morgan fingerprint density at radius 3 is 2.44 bits per heavy atom. The molecule has 2 aromatic heterocycles. The van der Waals surface area contributed by atoms with Crippen molar-refractivity contribution in [1.82, 2.24) is 15.1 Å². The highest BCUT2D eigenvalue weighted by molar-refractivity contribution is 7.13. The highest BCUT2D eigenvalue weighted by Crippen LogP contribution is 2.31. The van der Waals surface area contributed by atoms with Crippen LogP contribution in [0.1, 0.15) is 13.8 Å². The molecule has 0 spiro atoms. The number of urea groups is 1. The van der Waals surface area contributed by atoms with Gasteiger partial charge in [-0.3, -0.25) is 0 Å². The highest BCUT2D eigenvalue weighted by Gasteiger charge is 2.22. The van der Waals surface area contributed by atoms with Crippen molar-refractivity contribution >= 4 is 28.9 Å². The number of nitrogens with zero attached hydrogens (tertiary/aromatic N) is 4. The molecule has 4 rings (SSSR count). The molecular formula is C23H27N5O3S. The van der Waals surface area contributed by atoms with Crippen molar-refractivity contribution < 1.29 is 14.3 Å². The molecule has 9 heteroatoms. The van der Waals surface area contributed by atoms with E-state index < -0.39 is 0 Å². The van der Waals surface area contributed by atoms with Crippen molar-refractivity contribution in [3.63, 3.8) is 0 Å². The summed E-state index contributed by atoms with van der Waals surface area (Å²) in [6.45, 7) is 7.54. The molecule has 1 aliphatic heterocycles. The SMILES string of the molecule is CCOc1ccc(NC(=O)N2CCN(c3ccc(-c4cccs4)nn3)CC2)cc1OCC. The second kappa shape index (κ2) is 10.3. The molecule has 0 bridgehead atoms. The van der Waals surface area contributed by atoms with Crippen LogP contribution in [0.4, 0.5) is 16.3 Å². The lowest BCUT2D eigenvalue weighted by Crippen LogP contribution is -2.50. The summed E-state index contributed by atoms with van der Waals surface area (Å²) in [6, 6.07) is 13.3. The van der Waals surface area contributed by atoms with E-state index in [2.05, 4.69) is 20.4 Å². The van der Waals surface area contributed by atoms with E-state index in [1.165, 1.54) is 0 Å². The van der Waals surface area contributed by atoms with Crippen LogP contribution < -0.4 is 19.7 Å². The van der Waals surface area contributed by atoms with E-state index in [4.69, 9.17) is 9.47 Å². The first-order valence-electron chi connectivity index (χ1n) is 10.8. The van der Waals surface area contributed by atoms with Crippen LogP contribution in [0.2, 0.25) is 0 Å². The molecule has 0 saturated carbocycles. The highest BCUT2D eigenvalue weighted by atomic mass is 32.1. The molecule has 168 valence electrons. The maximum Gasteiger partial charge on any atom is 0.321 e. The van der Waals surface area contributed by atoms with E-state index in [0.29, 0.717) is 56.6 Å². The molecule has 3 heterocycles. The molecule has 0 unspecified atom stereocenters. The fourth-order valence-corrected chi connectivity index (χ4v) is 4.21. The molecule has 32 heavy (non-hydrogen) atoms. The summed E-state index contributed by atoms with van der Waals surface area (Å²) in [7, 11) is 0. The largest absolute Gasteiger partial charge is 0.490 e. The summed E-state index contributed by atoms with van der Waals surface area (Å²) < 4.78 is 11.2. The van der Waals surface area contributed by atoms with Crippen molar-refractivity contribution in [3.05, 3.63) is 47.8 Å². The molecular weight excluding hydrogens is 426 g/mol. The number of aromatic nitrogens is 2. The van der Waals surface area contributed by atoms with Gasteiger partial charge in [-0.25, -0.2) is 4.79 Å². The molecule has 0 atom stereocenters. The zero-order chi connectivity index (χ0) is 22.3. The first kappa shape index (κ1) is 21.9. The smallest absolute Gasteiger partial charge is 0.321 e. The number of hydrogen-bond donors (Lipinski definition) is 1. The van der Waals surface area contributed by atoms with Crippen LogP contribution in [-0.2, 0) is 0 Å². The zero-order valence-electron chi connectivity index (χ0n) is 18.3. The van der Waals surface area contributed by atoms with Crippen LogP contribution in [-0.4, -0.2) is 60.5 Å². The molecule has 1 saturated heterocycles. The molecule has 1 aromatic carbocycles. The van der Waals surface area contributed by atoms with Gasteiger partial charge in [0.2, 0.25) is 0 Å². The Morgan fingerprint density at radius 1 is 1.00 bits per heavy atom. The third kappa shape index (κ3) is 5.11. The van der Waals surface area contributed by atoms with Crippen molar-refractivity contribution in [3.8, 4) is 22.1 Å². The molecule has 2 amide bonds. The topological polar surface area (TPSA) is 79.8 Å². The van der Waals surface area contributed by atoms with Crippen LogP contribution in [0.15, 0.2) is 47.8 Å². The fraction of sp³-hybridized carbons (Fsp3) is 0.348. The van der Waals surface area contributed by atoms with Crippen LogP contribution >= 0.6 is 11.3 Å². The zero-order valence-corrected chi connectivity index (χ0v) is 19.1. The van der Waals surface area contributed by atoms with Crippen molar-refractivity contribution in [1.29, 1.82) is 0 Å². The Kier molecular flexibility index (Phi) is 7.06. The number of carbonyl (C=O) groups excluding carboxylic acids is 1. The first-order chi connectivity index (χ1) is 15.7. The van der Waals surface area contributed by atoms with Gasteiger partial charge >= 0.3 is 6.03 Å². The fourth-order valence-electron chi connectivity index (χ4n) is 3.52. The minimum Gasteiger partial charge on any atom is -0.490 e. The second-order valence-corrected chi connectivity index (χ2v) is 8.13. The lowest BCUT2D eigenvalue weighted by atomic mass is 10.2. The van der Waals surface area contributed by atoms with E-state index in [9.17, 15) is 4.79 Å². The van der Waals surface area contributed by atoms with Crippen molar-refractivity contribution in [2.24, 2.45) is 0 Å². The van der Waals surface area contributed by atoms with Crippen molar-refractivity contribution in [2.75, 3.05) is 49.6 Å². The summed E-state index contributed by atoms with van der Waals surface area (Å²) in [5, 5.41) is 13.7. The van der Waals surface area contributed by atoms with E-state index in [0.717, 1.165) is 16.4 Å². The average molecular weight is 454 g/mol. The van der Waals surface area contributed by atoms with Gasteiger partial charge in [-0.1, -0.05) is 6.07 Å². The Hall–Kier alpha value is -3.33. The van der Waals surface area contributed by atoms with Crippen LogP contribution in [0.25, 0.3) is 10.6 Å². The molecule has 1 aliphatic rings. The molecule has 8 nitrogen and oxygen atoms in total. The Bertz CT molecular complexity index is 1020. The van der Waals surface area contributed by atoms with E-state index >= 15 is 0 Å². The van der Waals surface area contributed by atoms with Gasteiger partial charge < -0.3 is 24.6 Å². The minimum absolute atomic E-state index is 0.129. The van der Waals surface area contributed by atoms with Gasteiger partial charge in [0.15, 0.2) is 17.3 Å². The van der Waals surface area contributed by atoms with E-state index in [-0.39, 0.29) is 6.03 Å². The number of hydrogen-bond acceptors (Lipinski definition) is 7. The monoisotopic (exact) mass is 453 g/mol. The van der Waals surface area contributed by atoms with Gasteiger partial charge in [0, 0.05) is 37.9 Å². The maximum atomic E-state index is 12.8. The Labute approximate surface area is 191 Å². The molecule has 3 aromatic rings. The normalized spacial score (nSPS) is 13.7. The molecule has 0 aliphatic carbocycles. The Morgan fingerprint density at radius 2 is 1.78 bits per heavy atom. The number of benzene rings is 1. The second-order valence-electron chi connectivity index (χ2n) is 7.19. The van der Waals surface area contributed by atoms with Crippen molar-refractivity contribution in [2.45, 2.75) is 13.8 Å². The first-order valence-corrected chi connectivity index (χ1v) is 11.6. The maximum absolute atomic E-state index is 12.8. The molecule has 0 radical (unpaired) electrons. The van der Waals surface area contributed by atoms with Crippen LogP contribution in [0.5, 0.6) is 11.5 Å². The summed E-state index contributed by atoms with van der Waals surface area (Å²) in [4.78, 5) is 17.8. The lowest BCUT2D eigenvalue weighted by molar-refractivity contribution is 0.208. The summed E-state index contributed by atoms with van der Waals surface area (Å²) in [5.41, 5.74) is 1.56. The number of thiophene rings is 1. The Balaban J connectivity index is 1.33. The van der Waals surface area contributed by atoms with Gasteiger partial charge in [0.25, 0.3) is 0 Å². The van der Waals surface area contributed by atoms with Crippen LogP contribution in [0, 0.1) is 0 Å². The van der Waals surface area contributed by atoms with E-state index in [1.54, 1.807) is 22.3 Å². The molecule has 1 N–H and O–H groups in total. The third-order valence-corrected chi connectivity index (χ3v) is 6.00. The number of nitrogens with one attached hydrogen (secondary N) is 1. The standard InChI is InChI=1S/C23H27N5O3S/c1-3-30-19-9-7-17(16-20(19)31-4-2)24-23(29)28-13-11-27(12-14-28)22-10-8-18(25-26-22)21-6-5-15-32-21/h5-10,15-16H,3-4,11-14H2,1-2H3,(H,24,29). The number of carbonyl (C=O) groups is 1. The quantitative estimate of drug-likeness (QED) is 0.573. The van der Waals surface area contributed by atoms with E-state index in [1.807, 2.05) is 55.6 Å².